The zero-order valence-electron chi connectivity index (χ0n) is 19.3. The van der Waals surface area contributed by atoms with Crippen LogP contribution in [0.4, 0.5) is 5.69 Å². The summed E-state index contributed by atoms with van der Waals surface area (Å²) in [6.07, 6.45) is 0.873. The summed E-state index contributed by atoms with van der Waals surface area (Å²) < 4.78 is 10.8. The molecule has 0 aliphatic heterocycles. The molecule has 2 amide bonds. The lowest BCUT2D eigenvalue weighted by Gasteiger charge is -2.13. The lowest BCUT2D eigenvalue weighted by molar-refractivity contribution is 0.0756. The van der Waals surface area contributed by atoms with Gasteiger partial charge < -0.3 is 20.1 Å². The second kappa shape index (κ2) is 11.8. The Labute approximate surface area is 194 Å². The van der Waals surface area contributed by atoms with Crippen LogP contribution in [0.2, 0.25) is 0 Å². The van der Waals surface area contributed by atoms with Crippen LogP contribution >= 0.6 is 0 Å². The standard InChI is InChI=1S/C27H30N2O4/c1-19(2)33-17-7-16-28-27(31)24-18-23(14-15-25(24)32-3)29-26(30)22-12-10-21(11-13-22)20-8-5-4-6-9-20/h4-6,8-15,18-19H,7,16-17H2,1-3H3,(H,28,31)(H,29,30). The SMILES string of the molecule is COc1ccc(NC(=O)c2ccc(-c3ccccc3)cc2)cc1C(=O)NCCCOC(C)C. The van der Waals surface area contributed by atoms with Crippen LogP contribution in [0.5, 0.6) is 5.75 Å². The van der Waals surface area contributed by atoms with Crippen LogP contribution in [-0.4, -0.2) is 38.2 Å². The fraction of sp³-hybridized carbons (Fsp3) is 0.259. The van der Waals surface area contributed by atoms with Crippen LogP contribution in [0.3, 0.4) is 0 Å². The number of benzene rings is 3. The van der Waals surface area contributed by atoms with Crippen LogP contribution in [-0.2, 0) is 4.74 Å². The van der Waals surface area contributed by atoms with Gasteiger partial charge in [0, 0.05) is 24.4 Å². The van der Waals surface area contributed by atoms with E-state index < -0.39 is 0 Å². The number of carbonyl (C=O) groups excluding carboxylic acids is 2. The number of amides is 2. The summed E-state index contributed by atoms with van der Waals surface area (Å²) in [6.45, 7) is 5.01. The maximum atomic E-state index is 12.7. The van der Waals surface area contributed by atoms with Gasteiger partial charge in [0.2, 0.25) is 0 Å². The molecule has 0 aliphatic carbocycles. The van der Waals surface area contributed by atoms with E-state index in [1.165, 1.54) is 7.11 Å². The van der Waals surface area contributed by atoms with Crippen molar-refractivity contribution in [1.82, 2.24) is 5.32 Å². The summed E-state index contributed by atoms with van der Waals surface area (Å²) in [4.78, 5) is 25.4. The molecule has 0 aliphatic rings. The van der Waals surface area contributed by atoms with Gasteiger partial charge in [-0.2, -0.15) is 0 Å². The molecule has 0 spiro atoms. The van der Waals surface area contributed by atoms with Crippen molar-refractivity contribution in [3.63, 3.8) is 0 Å². The third kappa shape index (κ3) is 6.92. The van der Waals surface area contributed by atoms with Crippen molar-refractivity contribution in [2.75, 3.05) is 25.6 Å². The largest absolute Gasteiger partial charge is 0.496 e. The number of hydrogen-bond acceptors (Lipinski definition) is 4. The maximum Gasteiger partial charge on any atom is 0.255 e. The van der Waals surface area contributed by atoms with Crippen molar-refractivity contribution in [3.8, 4) is 16.9 Å². The van der Waals surface area contributed by atoms with E-state index >= 15 is 0 Å². The van der Waals surface area contributed by atoms with E-state index in [1.807, 2.05) is 56.3 Å². The van der Waals surface area contributed by atoms with Gasteiger partial charge in [-0.3, -0.25) is 9.59 Å². The molecule has 0 atom stereocenters. The molecule has 3 aromatic rings. The molecule has 2 N–H and O–H groups in total. The first-order valence-electron chi connectivity index (χ1n) is 11.0. The number of methoxy groups -OCH3 is 1. The normalized spacial score (nSPS) is 10.7. The summed E-state index contributed by atoms with van der Waals surface area (Å²) in [7, 11) is 1.51. The lowest BCUT2D eigenvalue weighted by atomic mass is 10.0. The van der Waals surface area contributed by atoms with Crippen molar-refractivity contribution in [2.45, 2.75) is 26.4 Å². The molecule has 0 saturated heterocycles. The average Bonchev–Trinajstić information content (AvgIpc) is 2.84. The fourth-order valence-electron chi connectivity index (χ4n) is 3.30. The van der Waals surface area contributed by atoms with Crippen LogP contribution < -0.4 is 15.4 Å². The van der Waals surface area contributed by atoms with Crippen molar-refractivity contribution in [2.24, 2.45) is 0 Å². The van der Waals surface area contributed by atoms with Crippen LogP contribution in [0.15, 0.2) is 72.8 Å². The van der Waals surface area contributed by atoms with Gasteiger partial charge in [-0.25, -0.2) is 0 Å². The minimum Gasteiger partial charge on any atom is -0.496 e. The molecule has 0 aromatic heterocycles. The van der Waals surface area contributed by atoms with Crippen LogP contribution in [0, 0.1) is 0 Å². The number of carbonyl (C=O) groups is 2. The van der Waals surface area contributed by atoms with Gasteiger partial charge in [0.1, 0.15) is 5.75 Å². The van der Waals surface area contributed by atoms with Gasteiger partial charge >= 0.3 is 0 Å². The molecule has 6 nitrogen and oxygen atoms in total. The summed E-state index contributed by atoms with van der Waals surface area (Å²) in [5.41, 5.74) is 3.53. The van der Waals surface area contributed by atoms with Crippen molar-refractivity contribution in [3.05, 3.63) is 83.9 Å². The van der Waals surface area contributed by atoms with Gasteiger partial charge in [-0.15, -0.1) is 0 Å². The van der Waals surface area contributed by atoms with Crippen molar-refractivity contribution < 1.29 is 19.1 Å². The Morgan fingerprint density at radius 3 is 2.24 bits per heavy atom. The molecule has 172 valence electrons. The topological polar surface area (TPSA) is 76.7 Å². The second-order valence-electron chi connectivity index (χ2n) is 7.84. The molecule has 0 unspecified atom stereocenters. The summed E-state index contributed by atoms with van der Waals surface area (Å²) in [5.74, 6) is -0.0761. The molecular formula is C27H30N2O4. The molecule has 33 heavy (non-hydrogen) atoms. The number of rotatable bonds is 10. The first-order chi connectivity index (χ1) is 16.0. The van der Waals surface area contributed by atoms with Gasteiger partial charge in [0.25, 0.3) is 11.8 Å². The van der Waals surface area contributed by atoms with Crippen molar-refractivity contribution in [1.29, 1.82) is 0 Å². The molecule has 3 aromatic carbocycles. The van der Waals surface area contributed by atoms with E-state index in [2.05, 4.69) is 10.6 Å². The van der Waals surface area contributed by atoms with Gasteiger partial charge in [-0.05, 0) is 61.7 Å². The Morgan fingerprint density at radius 2 is 1.58 bits per heavy atom. The Bertz CT molecular complexity index is 1060. The zero-order chi connectivity index (χ0) is 23.6. The van der Waals surface area contributed by atoms with E-state index in [4.69, 9.17) is 9.47 Å². The molecule has 0 heterocycles. The van der Waals surface area contributed by atoms with Crippen LogP contribution in [0.25, 0.3) is 11.1 Å². The minimum atomic E-state index is -0.264. The Hall–Kier alpha value is -3.64. The third-order valence-electron chi connectivity index (χ3n) is 5.01. The van der Waals surface area contributed by atoms with Crippen LogP contribution in [0.1, 0.15) is 41.0 Å². The quantitative estimate of drug-likeness (QED) is 0.422. The monoisotopic (exact) mass is 446 g/mol. The molecule has 3 rings (SSSR count). The number of nitrogens with one attached hydrogen (secondary N) is 2. The van der Waals surface area contributed by atoms with E-state index in [9.17, 15) is 9.59 Å². The summed E-state index contributed by atoms with van der Waals surface area (Å²) >= 11 is 0. The molecular weight excluding hydrogens is 416 g/mol. The highest BCUT2D eigenvalue weighted by molar-refractivity contribution is 6.05. The predicted molar refractivity (Wildman–Crippen MR) is 131 cm³/mol. The minimum absolute atomic E-state index is 0.163. The van der Waals surface area contributed by atoms with Crippen molar-refractivity contribution >= 4 is 17.5 Å². The van der Waals surface area contributed by atoms with E-state index in [0.717, 1.165) is 11.1 Å². The van der Waals surface area contributed by atoms with Gasteiger partial charge in [0.05, 0.1) is 18.8 Å². The van der Waals surface area contributed by atoms with E-state index in [-0.39, 0.29) is 17.9 Å². The smallest absolute Gasteiger partial charge is 0.255 e. The Kier molecular flexibility index (Phi) is 8.61. The first kappa shape index (κ1) is 24.0. The highest BCUT2D eigenvalue weighted by Gasteiger charge is 2.15. The predicted octanol–water partition coefficient (Wildman–Crippen LogP) is 5.16. The number of ether oxygens (including phenoxy) is 2. The zero-order valence-corrected chi connectivity index (χ0v) is 19.3. The first-order valence-corrected chi connectivity index (χ1v) is 11.0. The maximum absolute atomic E-state index is 12.7. The summed E-state index contributed by atoms with van der Waals surface area (Å²) in [6, 6.07) is 22.4. The molecule has 6 heteroatoms. The lowest BCUT2D eigenvalue weighted by Crippen LogP contribution is -2.26. The summed E-state index contributed by atoms with van der Waals surface area (Å²) in [5, 5.41) is 5.73. The highest BCUT2D eigenvalue weighted by atomic mass is 16.5. The van der Waals surface area contributed by atoms with Gasteiger partial charge in [-0.1, -0.05) is 42.5 Å². The van der Waals surface area contributed by atoms with E-state index in [1.54, 1.807) is 30.3 Å². The molecule has 0 saturated carbocycles. The highest BCUT2D eigenvalue weighted by Crippen LogP contribution is 2.24. The molecule has 0 bridgehead atoms. The number of hydrogen-bond donors (Lipinski definition) is 2. The fourth-order valence-corrected chi connectivity index (χ4v) is 3.30. The second-order valence-corrected chi connectivity index (χ2v) is 7.84. The van der Waals surface area contributed by atoms with E-state index in [0.29, 0.717) is 42.1 Å². The molecule has 0 fully saturated rings. The third-order valence-corrected chi connectivity index (χ3v) is 5.01. The molecule has 0 radical (unpaired) electrons. The average molecular weight is 447 g/mol. The Balaban J connectivity index is 1.64. The number of anilines is 1. The van der Waals surface area contributed by atoms with Gasteiger partial charge in [0.15, 0.2) is 0 Å². The Morgan fingerprint density at radius 1 is 0.879 bits per heavy atom.